The first-order valence-electron chi connectivity index (χ1n) is 6.68. The molecule has 1 saturated carbocycles. The molecule has 2 aromatic rings. The van der Waals surface area contributed by atoms with Gasteiger partial charge in [-0.25, -0.2) is 4.98 Å². The first-order valence-corrected chi connectivity index (χ1v) is 7.47. The minimum atomic E-state index is 0.724. The maximum absolute atomic E-state index is 4.40. The Morgan fingerprint density at radius 1 is 1.37 bits per heavy atom. The highest BCUT2D eigenvalue weighted by molar-refractivity contribution is 9.10. The minimum absolute atomic E-state index is 0.724. The van der Waals surface area contributed by atoms with Gasteiger partial charge in [0.1, 0.15) is 0 Å². The molecular weight excluding hydrogens is 302 g/mol. The molecule has 0 spiro atoms. The van der Waals surface area contributed by atoms with Crippen molar-refractivity contribution in [3.8, 4) is 5.69 Å². The lowest BCUT2D eigenvalue weighted by Gasteiger charge is -2.13. The summed E-state index contributed by atoms with van der Waals surface area (Å²) in [4.78, 5) is 4.40. The van der Waals surface area contributed by atoms with Gasteiger partial charge in [-0.1, -0.05) is 22.0 Å². The first-order chi connectivity index (χ1) is 9.15. The number of hydrogen-bond acceptors (Lipinski definition) is 2. The van der Waals surface area contributed by atoms with Gasteiger partial charge in [-0.2, -0.15) is 0 Å². The molecule has 1 N–H and O–H groups in total. The predicted molar refractivity (Wildman–Crippen MR) is 80.6 cm³/mol. The second-order valence-corrected chi connectivity index (χ2v) is 6.13. The Balaban J connectivity index is 1.97. The van der Waals surface area contributed by atoms with E-state index in [0.29, 0.717) is 0 Å². The normalized spacial score (nSPS) is 14.9. The van der Waals surface area contributed by atoms with Crippen LogP contribution in [0.25, 0.3) is 5.69 Å². The van der Waals surface area contributed by atoms with Crippen LogP contribution in [0.5, 0.6) is 0 Å². The lowest BCUT2D eigenvalue weighted by molar-refractivity contribution is 0.684. The Bertz CT molecular complexity index is 599. The van der Waals surface area contributed by atoms with E-state index in [-0.39, 0.29) is 0 Å². The van der Waals surface area contributed by atoms with Gasteiger partial charge in [0.2, 0.25) is 0 Å². The average Bonchev–Trinajstić information content (AvgIpc) is 3.16. The zero-order valence-electron chi connectivity index (χ0n) is 11.3. The summed E-state index contributed by atoms with van der Waals surface area (Å²) >= 11 is 3.56. The van der Waals surface area contributed by atoms with Crippen molar-refractivity contribution in [2.45, 2.75) is 39.3 Å². The molecule has 19 heavy (non-hydrogen) atoms. The van der Waals surface area contributed by atoms with Gasteiger partial charge in [0.15, 0.2) is 0 Å². The summed E-state index contributed by atoms with van der Waals surface area (Å²) in [5.74, 6) is 0. The zero-order valence-corrected chi connectivity index (χ0v) is 12.9. The quantitative estimate of drug-likeness (QED) is 0.934. The number of aromatic nitrogens is 2. The molecule has 1 fully saturated rings. The number of nitrogens with one attached hydrogen (secondary N) is 1. The van der Waals surface area contributed by atoms with Crippen LogP contribution in [-0.2, 0) is 6.54 Å². The van der Waals surface area contributed by atoms with Crippen LogP contribution in [0.15, 0.2) is 29.0 Å². The van der Waals surface area contributed by atoms with Crippen LogP contribution >= 0.6 is 15.9 Å². The van der Waals surface area contributed by atoms with Crippen molar-refractivity contribution in [2.75, 3.05) is 0 Å². The van der Waals surface area contributed by atoms with Gasteiger partial charge in [0.25, 0.3) is 0 Å². The molecule has 4 heteroatoms. The van der Waals surface area contributed by atoms with Crippen molar-refractivity contribution in [3.05, 3.63) is 46.0 Å². The Hall–Kier alpha value is -1.13. The topological polar surface area (TPSA) is 29.9 Å². The van der Waals surface area contributed by atoms with E-state index in [2.05, 4.69) is 55.9 Å². The van der Waals surface area contributed by atoms with E-state index in [1.54, 1.807) is 0 Å². The van der Waals surface area contributed by atoms with E-state index in [4.69, 9.17) is 0 Å². The summed E-state index contributed by atoms with van der Waals surface area (Å²) in [6.07, 6.45) is 4.54. The lowest BCUT2D eigenvalue weighted by Crippen LogP contribution is -2.17. The van der Waals surface area contributed by atoms with Gasteiger partial charge in [0.05, 0.1) is 17.7 Å². The number of rotatable bonds is 4. The molecule has 0 saturated heterocycles. The van der Waals surface area contributed by atoms with Gasteiger partial charge >= 0.3 is 0 Å². The van der Waals surface area contributed by atoms with Gasteiger partial charge in [-0.3, -0.25) is 0 Å². The first kappa shape index (κ1) is 12.9. The van der Waals surface area contributed by atoms with E-state index < -0.39 is 0 Å². The molecule has 1 aliphatic carbocycles. The number of nitrogens with zero attached hydrogens (tertiary/aromatic N) is 2. The number of hydrogen-bond donors (Lipinski definition) is 1. The Kier molecular flexibility index (Phi) is 3.46. The number of imidazole rings is 1. The molecule has 0 unspecified atom stereocenters. The third kappa shape index (κ3) is 2.74. The fourth-order valence-corrected chi connectivity index (χ4v) is 2.54. The predicted octanol–water partition coefficient (Wildman–Crippen LogP) is 3.50. The monoisotopic (exact) mass is 319 g/mol. The smallest absolute Gasteiger partial charge is 0.0997 e. The molecule has 0 aliphatic heterocycles. The lowest BCUT2D eigenvalue weighted by atomic mass is 10.1. The molecular formula is C15H18BrN3. The van der Waals surface area contributed by atoms with Crippen molar-refractivity contribution < 1.29 is 0 Å². The largest absolute Gasteiger partial charge is 0.310 e. The molecule has 100 valence electrons. The van der Waals surface area contributed by atoms with Gasteiger partial charge < -0.3 is 9.88 Å². The highest BCUT2D eigenvalue weighted by Gasteiger charge is 2.20. The Morgan fingerprint density at radius 3 is 2.79 bits per heavy atom. The summed E-state index contributed by atoms with van der Waals surface area (Å²) in [7, 11) is 0. The van der Waals surface area contributed by atoms with Gasteiger partial charge in [-0.05, 0) is 44.4 Å². The van der Waals surface area contributed by atoms with Crippen molar-refractivity contribution in [2.24, 2.45) is 0 Å². The summed E-state index contributed by atoms with van der Waals surface area (Å²) < 4.78 is 3.27. The van der Waals surface area contributed by atoms with E-state index in [9.17, 15) is 0 Å². The SMILES string of the molecule is Cc1ncn(-c2cc(Br)ccc2CNC2CC2)c1C. The Labute approximate surface area is 122 Å². The summed E-state index contributed by atoms with van der Waals surface area (Å²) in [6.45, 7) is 5.08. The van der Waals surface area contributed by atoms with Crippen molar-refractivity contribution >= 4 is 15.9 Å². The second kappa shape index (κ2) is 5.10. The maximum atomic E-state index is 4.40. The molecule has 0 bridgehead atoms. The molecule has 1 aliphatic rings. The molecule has 0 amide bonds. The van der Waals surface area contributed by atoms with Crippen molar-refractivity contribution in [1.29, 1.82) is 0 Å². The van der Waals surface area contributed by atoms with Gasteiger partial charge in [0, 0.05) is 22.8 Å². The van der Waals surface area contributed by atoms with E-state index >= 15 is 0 Å². The fraction of sp³-hybridized carbons (Fsp3) is 0.400. The number of aryl methyl sites for hydroxylation is 1. The minimum Gasteiger partial charge on any atom is -0.310 e. The van der Waals surface area contributed by atoms with Crippen molar-refractivity contribution in [3.63, 3.8) is 0 Å². The molecule has 1 aromatic carbocycles. The van der Waals surface area contributed by atoms with Crippen LogP contribution < -0.4 is 5.32 Å². The zero-order chi connectivity index (χ0) is 13.4. The highest BCUT2D eigenvalue weighted by Crippen LogP contribution is 2.25. The highest BCUT2D eigenvalue weighted by atomic mass is 79.9. The van der Waals surface area contributed by atoms with Gasteiger partial charge in [-0.15, -0.1) is 0 Å². The average molecular weight is 320 g/mol. The van der Waals surface area contributed by atoms with Crippen LogP contribution in [0.1, 0.15) is 29.8 Å². The van der Waals surface area contributed by atoms with Crippen molar-refractivity contribution in [1.82, 2.24) is 14.9 Å². The van der Waals surface area contributed by atoms with E-state index in [1.807, 2.05) is 13.3 Å². The fourth-order valence-electron chi connectivity index (χ4n) is 2.19. The molecule has 0 atom stereocenters. The molecule has 1 heterocycles. The summed E-state index contributed by atoms with van der Waals surface area (Å²) in [5.41, 5.74) is 4.81. The number of benzene rings is 1. The molecule has 0 radical (unpaired) electrons. The van der Waals surface area contributed by atoms with Crippen LogP contribution in [0, 0.1) is 13.8 Å². The summed E-state index contributed by atoms with van der Waals surface area (Å²) in [5, 5.41) is 3.58. The van der Waals surface area contributed by atoms with Crippen LogP contribution in [0.2, 0.25) is 0 Å². The standard InChI is InChI=1S/C15H18BrN3/c1-10-11(2)19(9-18-10)15-7-13(16)4-3-12(15)8-17-14-5-6-14/h3-4,7,9,14,17H,5-6,8H2,1-2H3. The van der Waals surface area contributed by atoms with Crippen LogP contribution in [-0.4, -0.2) is 15.6 Å². The number of halogens is 1. The summed E-state index contributed by atoms with van der Waals surface area (Å²) in [6, 6.07) is 7.18. The van der Waals surface area contributed by atoms with E-state index in [1.165, 1.54) is 29.8 Å². The van der Waals surface area contributed by atoms with Crippen LogP contribution in [0.4, 0.5) is 0 Å². The van der Waals surface area contributed by atoms with E-state index in [0.717, 1.165) is 22.8 Å². The molecule has 1 aromatic heterocycles. The third-order valence-corrected chi connectivity index (χ3v) is 4.21. The molecule has 3 rings (SSSR count). The second-order valence-electron chi connectivity index (χ2n) is 5.21. The maximum Gasteiger partial charge on any atom is 0.0997 e. The van der Waals surface area contributed by atoms with Crippen LogP contribution in [0.3, 0.4) is 0 Å². The molecule has 3 nitrogen and oxygen atoms in total. The Morgan fingerprint density at radius 2 is 2.16 bits per heavy atom. The third-order valence-electron chi connectivity index (χ3n) is 3.72.